The van der Waals surface area contributed by atoms with Crippen molar-refractivity contribution in [2.45, 2.75) is 45.3 Å². The van der Waals surface area contributed by atoms with Crippen LogP contribution in [-0.4, -0.2) is 27.2 Å². The van der Waals surface area contributed by atoms with Gasteiger partial charge in [-0.15, -0.1) is 0 Å². The van der Waals surface area contributed by atoms with Crippen molar-refractivity contribution < 1.29 is 5.11 Å². The molecule has 5 nitrogen and oxygen atoms in total. The van der Waals surface area contributed by atoms with Gasteiger partial charge in [-0.1, -0.05) is 31.9 Å². The molecule has 0 saturated carbocycles. The zero-order valence-corrected chi connectivity index (χ0v) is 12.0. The number of para-hydroxylation sites is 1. The molecular weight excluding hydrogens is 252 g/mol. The maximum Gasteiger partial charge on any atom is 0.222 e. The van der Waals surface area contributed by atoms with Crippen LogP contribution < -0.4 is 11.1 Å². The lowest BCUT2D eigenvalue weighted by Gasteiger charge is -2.22. The Kier molecular flexibility index (Phi) is 4.74. The van der Waals surface area contributed by atoms with E-state index in [1.165, 1.54) is 0 Å². The van der Waals surface area contributed by atoms with Crippen molar-refractivity contribution in [3.63, 3.8) is 0 Å². The van der Waals surface area contributed by atoms with Gasteiger partial charge < -0.3 is 16.2 Å². The Morgan fingerprint density at radius 2 is 2.05 bits per heavy atom. The van der Waals surface area contributed by atoms with Crippen LogP contribution in [0.5, 0.6) is 0 Å². The normalized spacial score (nSPS) is 14.2. The van der Waals surface area contributed by atoms with Crippen LogP contribution in [0.2, 0.25) is 0 Å². The van der Waals surface area contributed by atoms with Gasteiger partial charge in [0.2, 0.25) is 5.95 Å². The van der Waals surface area contributed by atoms with Crippen LogP contribution in [0.4, 0.5) is 11.8 Å². The molecule has 5 heteroatoms. The van der Waals surface area contributed by atoms with Gasteiger partial charge in [-0.05, 0) is 25.5 Å². The second kappa shape index (κ2) is 6.52. The Balaban J connectivity index is 2.31. The molecule has 1 heterocycles. The molecule has 108 valence electrons. The summed E-state index contributed by atoms with van der Waals surface area (Å²) in [5.74, 6) is 0.932. The Bertz CT molecular complexity index is 571. The molecule has 1 aromatic carbocycles. The number of anilines is 2. The lowest BCUT2D eigenvalue weighted by Crippen LogP contribution is -2.32. The first-order valence-electron chi connectivity index (χ1n) is 7.08. The summed E-state index contributed by atoms with van der Waals surface area (Å²) in [5.41, 5.74) is 6.56. The van der Waals surface area contributed by atoms with Gasteiger partial charge in [0.1, 0.15) is 5.82 Å². The smallest absolute Gasteiger partial charge is 0.222 e. The molecule has 2 unspecified atom stereocenters. The number of aliphatic hydroxyl groups excluding tert-OH is 1. The number of aliphatic hydroxyl groups is 1. The van der Waals surface area contributed by atoms with Crippen LogP contribution in [-0.2, 0) is 0 Å². The summed E-state index contributed by atoms with van der Waals surface area (Å²) in [6.45, 7) is 3.93. The van der Waals surface area contributed by atoms with Crippen LogP contribution in [0.3, 0.4) is 0 Å². The minimum absolute atomic E-state index is 0.0346. The number of hydrogen-bond donors (Lipinski definition) is 3. The fourth-order valence-corrected chi connectivity index (χ4v) is 2.24. The first-order valence-corrected chi connectivity index (χ1v) is 7.08. The van der Waals surface area contributed by atoms with Crippen molar-refractivity contribution in [2.75, 3.05) is 11.1 Å². The topological polar surface area (TPSA) is 84.1 Å². The molecule has 2 aromatic rings. The second-order valence-electron chi connectivity index (χ2n) is 5.08. The van der Waals surface area contributed by atoms with Gasteiger partial charge in [0, 0.05) is 5.39 Å². The summed E-state index contributed by atoms with van der Waals surface area (Å²) < 4.78 is 0. The lowest BCUT2D eigenvalue weighted by atomic mass is 10.1. The van der Waals surface area contributed by atoms with E-state index in [4.69, 9.17) is 5.73 Å². The van der Waals surface area contributed by atoms with Crippen LogP contribution in [0.15, 0.2) is 24.3 Å². The predicted molar refractivity (Wildman–Crippen MR) is 82.6 cm³/mol. The molecule has 0 spiro atoms. The standard InChI is InChI=1S/C15H22N4O/c1-3-4-8-12(10(2)20)17-14-11-7-5-6-9-13(11)18-15(16)19-14/h5-7,9-10,12,20H,3-4,8H2,1-2H3,(H3,16,17,18,19). The molecule has 0 bridgehead atoms. The van der Waals surface area contributed by atoms with Crippen molar-refractivity contribution in [2.24, 2.45) is 0 Å². The molecule has 20 heavy (non-hydrogen) atoms. The summed E-state index contributed by atoms with van der Waals surface area (Å²) in [6.07, 6.45) is 2.60. The van der Waals surface area contributed by atoms with Gasteiger partial charge in [0.25, 0.3) is 0 Å². The Hall–Kier alpha value is -1.88. The van der Waals surface area contributed by atoms with Gasteiger partial charge >= 0.3 is 0 Å². The highest BCUT2D eigenvalue weighted by molar-refractivity contribution is 5.89. The molecule has 2 atom stereocenters. The minimum atomic E-state index is -0.448. The highest BCUT2D eigenvalue weighted by atomic mass is 16.3. The molecule has 0 aliphatic carbocycles. The third-order valence-electron chi connectivity index (χ3n) is 3.39. The zero-order valence-electron chi connectivity index (χ0n) is 12.0. The molecule has 0 fully saturated rings. The average molecular weight is 274 g/mol. The van der Waals surface area contributed by atoms with E-state index < -0.39 is 6.10 Å². The number of nitrogens with one attached hydrogen (secondary N) is 1. The SMILES string of the molecule is CCCCC(Nc1nc(N)nc2ccccc12)C(C)O. The molecule has 2 rings (SSSR count). The molecule has 0 aliphatic heterocycles. The van der Waals surface area contributed by atoms with Crippen molar-refractivity contribution >= 4 is 22.7 Å². The third kappa shape index (κ3) is 3.36. The van der Waals surface area contributed by atoms with Gasteiger partial charge in [-0.3, -0.25) is 0 Å². The summed E-state index contributed by atoms with van der Waals surface area (Å²) in [7, 11) is 0. The average Bonchev–Trinajstić information content (AvgIpc) is 2.42. The number of nitrogens with zero attached hydrogens (tertiary/aromatic N) is 2. The monoisotopic (exact) mass is 274 g/mol. The van der Waals surface area contributed by atoms with Gasteiger partial charge in [-0.25, -0.2) is 4.98 Å². The van der Waals surface area contributed by atoms with E-state index in [9.17, 15) is 5.11 Å². The van der Waals surface area contributed by atoms with E-state index in [0.29, 0.717) is 5.82 Å². The van der Waals surface area contributed by atoms with E-state index in [1.807, 2.05) is 24.3 Å². The number of benzene rings is 1. The Morgan fingerprint density at radius 1 is 1.30 bits per heavy atom. The summed E-state index contributed by atoms with van der Waals surface area (Å²) in [4.78, 5) is 8.49. The maximum atomic E-state index is 9.90. The first-order chi connectivity index (χ1) is 9.61. The van der Waals surface area contributed by atoms with Crippen molar-refractivity contribution in [1.82, 2.24) is 9.97 Å². The molecule has 0 aliphatic rings. The number of aromatic nitrogens is 2. The zero-order chi connectivity index (χ0) is 14.5. The maximum absolute atomic E-state index is 9.90. The van der Waals surface area contributed by atoms with Crippen LogP contribution >= 0.6 is 0 Å². The van der Waals surface area contributed by atoms with Gasteiger partial charge in [0.05, 0.1) is 17.7 Å². The Morgan fingerprint density at radius 3 is 2.75 bits per heavy atom. The quantitative estimate of drug-likeness (QED) is 0.754. The highest BCUT2D eigenvalue weighted by Gasteiger charge is 2.16. The number of nitrogen functional groups attached to an aromatic ring is 1. The van der Waals surface area contributed by atoms with Crippen LogP contribution in [0, 0.1) is 0 Å². The minimum Gasteiger partial charge on any atom is -0.391 e. The highest BCUT2D eigenvalue weighted by Crippen LogP contribution is 2.23. The molecule has 0 amide bonds. The van der Waals surface area contributed by atoms with Crippen molar-refractivity contribution in [1.29, 1.82) is 0 Å². The number of rotatable bonds is 6. The molecule has 4 N–H and O–H groups in total. The lowest BCUT2D eigenvalue weighted by molar-refractivity contribution is 0.166. The number of hydrogen-bond acceptors (Lipinski definition) is 5. The molecule has 0 radical (unpaired) electrons. The predicted octanol–water partition coefficient (Wildman–Crippen LogP) is 2.56. The molecule has 1 aromatic heterocycles. The summed E-state index contributed by atoms with van der Waals surface area (Å²) in [6, 6.07) is 7.68. The van der Waals surface area contributed by atoms with Crippen molar-refractivity contribution in [3.05, 3.63) is 24.3 Å². The number of unbranched alkanes of at least 4 members (excludes halogenated alkanes) is 1. The van der Waals surface area contributed by atoms with E-state index in [-0.39, 0.29) is 12.0 Å². The van der Waals surface area contributed by atoms with Crippen LogP contribution in [0.1, 0.15) is 33.1 Å². The van der Waals surface area contributed by atoms with E-state index >= 15 is 0 Å². The first kappa shape index (κ1) is 14.5. The van der Waals surface area contributed by atoms with E-state index in [0.717, 1.165) is 30.2 Å². The second-order valence-corrected chi connectivity index (χ2v) is 5.08. The fraction of sp³-hybridized carbons (Fsp3) is 0.467. The molecular formula is C15H22N4O. The van der Waals surface area contributed by atoms with Crippen LogP contribution in [0.25, 0.3) is 10.9 Å². The molecule has 0 saturated heterocycles. The summed E-state index contributed by atoms with van der Waals surface area (Å²) in [5, 5.41) is 14.1. The largest absolute Gasteiger partial charge is 0.391 e. The van der Waals surface area contributed by atoms with Crippen molar-refractivity contribution in [3.8, 4) is 0 Å². The van der Waals surface area contributed by atoms with E-state index in [1.54, 1.807) is 6.92 Å². The van der Waals surface area contributed by atoms with Gasteiger partial charge in [0.15, 0.2) is 0 Å². The Labute approximate surface area is 119 Å². The van der Waals surface area contributed by atoms with Gasteiger partial charge in [-0.2, -0.15) is 4.98 Å². The fourth-order valence-electron chi connectivity index (χ4n) is 2.24. The number of fused-ring (bicyclic) bond motifs is 1. The van der Waals surface area contributed by atoms with E-state index in [2.05, 4.69) is 22.2 Å². The number of nitrogens with two attached hydrogens (primary N) is 1. The third-order valence-corrected chi connectivity index (χ3v) is 3.39. The summed E-state index contributed by atoms with van der Waals surface area (Å²) >= 11 is 0.